The number of anilines is 1. The van der Waals surface area contributed by atoms with Gasteiger partial charge in [-0.3, -0.25) is 9.69 Å². The summed E-state index contributed by atoms with van der Waals surface area (Å²) in [5, 5.41) is 0. The Morgan fingerprint density at radius 1 is 1.44 bits per heavy atom. The summed E-state index contributed by atoms with van der Waals surface area (Å²) in [6.07, 6.45) is 5.32. The molecule has 0 aromatic heterocycles. The number of carbonyl (C=O) groups excluding carboxylic acids is 1. The van der Waals surface area contributed by atoms with E-state index in [4.69, 9.17) is 6.42 Å². The van der Waals surface area contributed by atoms with E-state index in [-0.39, 0.29) is 5.91 Å². The topological polar surface area (TPSA) is 20.3 Å². The number of nitrogens with zero attached hydrogens (tertiary/aromatic N) is 1. The number of hydrogen-bond acceptors (Lipinski definition) is 2. The SMILES string of the molecule is C#CCN1C(=O)C(C)(C)Sc2ccccc21. The zero-order valence-electron chi connectivity index (χ0n) is 9.36. The molecule has 1 heterocycles. The van der Waals surface area contributed by atoms with E-state index in [1.807, 2.05) is 38.1 Å². The molecule has 0 saturated carbocycles. The molecule has 0 bridgehead atoms. The summed E-state index contributed by atoms with van der Waals surface area (Å²) in [5.41, 5.74) is 0.926. The Bertz CT molecular complexity index is 473. The van der Waals surface area contributed by atoms with Crippen LogP contribution in [0, 0.1) is 12.3 Å². The van der Waals surface area contributed by atoms with Gasteiger partial charge >= 0.3 is 0 Å². The van der Waals surface area contributed by atoms with Crippen molar-refractivity contribution in [3.63, 3.8) is 0 Å². The first kappa shape index (κ1) is 11.1. The molecule has 0 aliphatic carbocycles. The Morgan fingerprint density at radius 3 is 2.81 bits per heavy atom. The van der Waals surface area contributed by atoms with Crippen molar-refractivity contribution in [3.05, 3.63) is 24.3 Å². The number of carbonyl (C=O) groups is 1. The van der Waals surface area contributed by atoms with Crippen LogP contribution in [0.3, 0.4) is 0 Å². The van der Waals surface area contributed by atoms with Crippen LogP contribution in [-0.2, 0) is 4.79 Å². The van der Waals surface area contributed by atoms with E-state index < -0.39 is 4.75 Å². The van der Waals surface area contributed by atoms with Crippen molar-refractivity contribution in [3.8, 4) is 12.3 Å². The maximum Gasteiger partial charge on any atom is 0.243 e. The van der Waals surface area contributed by atoms with E-state index in [1.165, 1.54) is 0 Å². The molecule has 82 valence electrons. The lowest BCUT2D eigenvalue weighted by atomic mass is 10.1. The van der Waals surface area contributed by atoms with E-state index in [1.54, 1.807) is 16.7 Å². The molecule has 0 N–H and O–H groups in total. The van der Waals surface area contributed by atoms with Crippen LogP contribution in [0.1, 0.15) is 13.8 Å². The fourth-order valence-electron chi connectivity index (χ4n) is 1.77. The minimum atomic E-state index is -0.439. The Balaban J connectivity index is 2.52. The largest absolute Gasteiger partial charge is 0.298 e. The highest BCUT2D eigenvalue weighted by Crippen LogP contribution is 2.44. The predicted octanol–water partition coefficient (Wildman–Crippen LogP) is 2.54. The van der Waals surface area contributed by atoms with Gasteiger partial charge in [-0.05, 0) is 26.0 Å². The second kappa shape index (κ2) is 3.88. The van der Waals surface area contributed by atoms with Crippen molar-refractivity contribution in [1.29, 1.82) is 0 Å². The van der Waals surface area contributed by atoms with Crippen LogP contribution in [0.4, 0.5) is 5.69 Å². The average molecular weight is 231 g/mol. The zero-order chi connectivity index (χ0) is 11.8. The fourth-order valence-corrected chi connectivity index (χ4v) is 2.94. The fraction of sp³-hybridized carbons (Fsp3) is 0.308. The Kier molecular flexibility index (Phi) is 2.69. The van der Waals surface area contributed by atoms with Gasteiger partial charge in [0.05, 0.1) is 17.0 Å². The van der Waals surface area contributed by atoms with Gasteiger partial charge in [-0.25, -0.2) is 0 Å². The molecule has 2 rings (SSSR count). The predicted molar refractivity (Wildman–Crippen MR) is 67.6 cm³/mol. The van der Waals surface area contributed by atoms with E-state index in [9.17, 15) is 4.79 Å². The molecule has 1 aromatic carbocycles. The monoisotopic (exact) mass is 231 g/mol. The lowest BCUT2D eigenvalue weighted by Gasteiger charge is -2.36. The van der Waals surface area contributed by atoms with Gasteiger partial charge in [0.2, 0.25) is 5.91 Å². The molecule has 1 amide bonds. The Hall–Kier alpha value is -1.40. The summed E-state index contributed by atoms with van der Waals surface area (Å²) in [5.74, 6) is 2.62. The van der Waals surface area contributed by atoms with Crippen LogP contribution in [0.5, 0.6) is 0 Å². The van der Waals surface area contributed by atoms with Gasteiger partial charge in [-0.15, -0.1) is 18.2 Å². The molecule has 0 saturated heterocycles. The first-order chi connectivity index (χ1) is 7.56. The van der Waals surface area contributed by atoms with Gasteiger partial charge < -0.3 is 0 Å². The number of amides is 1. The highest BCUT2D eigenvalue weighted by molar-refractivity contribution is 8.01. The van der Waals surface area contributed by atoms with Crippen molar-refractivity contribution < 1.29 is 4.79 Å². The molecule has 0 fully saturated rings. The van der Waals surface area contributed by atoms with Crippen LogP contribution in [0.2, 0.25) is 0 Å². The number of terminal acetylenes is 1. The molecule has 0 spiro atoms. The normalized spacial score (nSPS) is 17.8. The second-order valence-corrected chi connectivity index (χ2v) is 5.84. The van der Waals surface area contributed by atoms with Gasteiger partial charge in [0, 0.05) is 4.90 Å². The number of rotatable bonds is 1. The van der Waals surface area contributed by atoms with Gasteiger partial charge in [-0.2, -0.15) is 0 Å². The Labute approximate surface area is 100 Å². The van der Waals surface area contributed by atoms with Gasteiger partial charge in [0.1, 0.15) is 0 Å². The summed E-state index contributed by atoms with van der Waals surface area (Å²) < 4.78 is -0.439. The second-order valence-electron chi connectivity index (χ2n) is 4.18. The third-order valence-electron chi connectivity index (χ3n) is 2.53. The number of hydrogen-bond donors (Lipinski definition) is 0. The number of thioether (sulfide) groups is 1. The molecule has 3 heteroatoms. The molecule has 2 nitrogen and oxygen atoms in total. The van der Waals surface area contributed by atoms with Crippen molar-refractivity contribution in [2.45, 2.75) is 23.5 Å². The van der Waals surface area contributed by atoms with Crippen molar-refractivity contribution in [2.24, 2.45) is 0 Å². The van der Waals surface area contributed by atoms with Crippen molar-refractivity contribution in [1.82, 2.24) is 0 Å². The van der Waals surface area contributed by atoms with Gasteiger partial charge in [0.25, 0.3) is 0 Å². The van der Waals surface area contributed by atoms with Crippen LogP contribution < -0.4 is 4.90 Å². The van der Waals surface area contributed by atoms with E-state index >= 15 is 0 Å². The van der Waals surface area contributed by atoms with Crippen LogP contribution >= 0.6 is 11.8 Å². The summed E-state index contributed by atoms with van der Waals surface area (Å²) in [4.78, 5) is 15.0. The van der Waals surface area contributed by atoms with Crippen LogP contribution in [-0.4, -0.2) is 17.2 Å². The highest BCUT2D eigenvalue weighted by atomic mass is 32.2. The average Bonchev–Trinajstić information content (AvgIpc) is 2.24. The summed E-state index contributed by atoms with van der Waals surface area (Å²) >= 11 is 1.59. The quantitative estimate of drug-likeness (QED) is 0.692. The minimum Gasteiger partial charge on any atom is -0.298 e. The lowest BCUT2D eigenvalue weighted by Crippen LogP contribution is -2.46. The van der Waals surface area contributed by atoms with Crippen molar-refractivity contribution in [2.75, 3.05) is 11.4 Å². The lowest BCUT2D eigenvalue weighted by molar-refractivity contribution is -0.120. The van der Waals surface area contributed by atoms with Crippen molar-refractivity contribution >= 4 is 23.4 Å². The Morgan fingerprint density at radius 2 is 2.12 bits per heavy atom. The van der Waals surface area contributed by atoms with E-state index in [0.717, 1.165) is 10.6 Å². The molecule has 0 atom stereocenters. The molecular formula is C13H13NOS. The summed E-state index contributed by atoms with van der Waals surface area (Å²) in [6.45, 7) is 4.19. The molecule has 0 unspecified atom stereocenters. The number of fused-ring (bicyclic) bond motifs is 1. The van der Waals surface area contributed by atoms with Crippen LogP contribution in [0.15, 0.2) is 29.2 Å². The first-order valence-electron chi connectivity index (χ1n) is 5.10. The van der Waals surface area contributed by atoms with E-state index in [2.05, 4.69) is 5.92 Å². The van der Waals surface area contributed by atoms with Crippen LogP contribution in [0.25, 0.3) is 0 Å². The molecule has 1 aromatic rings. The maximum atomic E-state index is 12.2. The molecule has 16 heavy (non-hydrogen) atoms. The first-order valence-corrected chi connectivity index (χ1v) is 5.91. The third-order valence-corrected chi connectivity index (χ3v) is 3.78. The standard InChI is InChI=1S/C13H13NOS/c1-4-9-14-10-7-5-6-8-11(10)16-13(2,3)12(14)15/h1,5-8H,9H2,2-3H3. The zero-order valence-corrected chi connectivity index (χ0v) is 10.2. The molecule has 1 aliphatic heterocycles. The third kappa shape index (κ3) is 1.70. The number of benzene rings is 1. The van der Waals surface area contributed by atoms with Gasteiger partial charge in [-0.1, -0.05) is 18.1 Å². The highest BCUT2D eigenvalue weighted by Gasteiger charge is 2.39. The minimum absolute atomic E-state index is 0.0779. The molecule has 1 aliphatic rings. The summed E-state index contributed by atoms with van der Waals surface area (Å²) in [6, 6.07) is 7.87. The molecule has 0 radical (unpaired) electrons. The molecular weight excluding hydrogens is 218 g/mol. The smallest absolute Gasteiger partial charge is 0.243 e. The van der Waals surface area contributed by atoms with Gasteiger partial charge in [0.15, 0.2) is 0 Å². The summed E-state index contributed by atoms with van der Waals surface area (Å²) in [7, 11) is 0. The maximum absolute atomic E-state index is 12.2. The van der Waals surface area contributed by atoms with E-state index in [0.29, 0.717) is 6.54 Å². The number of para-hydroxylation sites is 1.